The van der Waals surface area contributed by atoms with Gasteiger partial charge in [-0.3, -0.25) is 0 Å². The summed E-state index contributed by atoms with van der Waals surface area (Å²) in [5.41, 5.74) is 2.03. The fourth-order valence-corrected chi connectivity index (χ4v) is 1.61. The van der Waals surface area contributed by atoms with Gasteiger partial charge < -0.3 is 5.32 Å². The van der Waals surface area contributed by atoms with Crippen molar-refractivity contribution in [3.63, 3.8) is 0 Å². The summed E-state index contributed by atoms with van der Waals surface area (Å²) in [4.78, 5) is 8.80. The number of fused-ring (bicyclic) bond motifs is 1. The standard InChI is InChI=1S/C8H10BrN3/c1-5-7(9)12-6-3-2-4-10-8(6)11-5/h2-4H2,1H3,(H,10,11). The van der Waals surface area contributed by atoms with Gasteiger partial charge in [-0.25, -0.2) is 9.97 Å². The molecule has 3 nitrogen and oxygen atoms in total. The largest absolute Gasteiger partial charge is 0.369 e. The molecule has 4 heteroatoms. The van der Waals surface area contributed by atoms with E-state index in [0.717, 1.165) is 41.2 Å². The van der Waals surface area contributed by atoms with Crippen LogP contribution in [-0.4, -0.2) is 16.5 Å². The topological polar surface area (TPSA) is 37.8 Å². The smallest absolute Gasteiger partial charge is 0.148 e. The summed E-state index contributed by atoms with van der Waals surface area (Å²) in [6.45, 7) is 2.97. The zero-order valence-corrected chi connectivity index (χ0v) is 8.48. The Kier molecular flexibility index (Phi) is 2.00. The normalized spacial score (nSPS) is 15.2. The molecular weight excluding hydrogens is 218 g/mol. The predicted octanol–water partition coefficient (Wildman–Crippen LogP) is 1.91. The molecule has 0 atom stereocenters. The Bertz CT molecular complexity index is 280. The molecule has 0 amide bonds. The van der Waals surface area contributed by atoms with Crippen LogP contribution in [-0.2, 0) is 6.42 Å². The van der Waals surface area contributed by atoms with Crippen LogP contribution in [0.2, 0.25) is 0 Å². The summed E-state index contributed by atoms with van der Waals surface area (Å²) in [5, 5.41) is 3.24. The van der Waals surface area contributed by atoms with Gasteiger partial charge in [0.05, 0.1) is 11.4 Å². The van der Waals surface area contributed by atoms with E-state index in [4.69, 9.17) is 0 Å². The summed E-state index contributed by atoms with van der Waals surface area (Å²) in [7, 11) is 0. The second-order valence-corrected chi connectivity index (χ2v) is 3.68. The molecule has 1 aliphatic rings. The molecule has 0 radical (unpaired) electrons. The molecule has 1 aromatic heterocycles. The van der Waals surface area contributed by atoms with Crippen molar-refractivity contribution in [3.05, 3.63) is 16.0 Å². The van der Waals surface area contributed by atoms with Gasteiger partial charge in [-0.2, -0.15) is 0 Å². The summed E-state index contributed by atoms with van der Waals surface area (Å²) < 4.78 is 0.866. The molecule has 0 aromatic carbocycles. The Labute approximate surface area is 79.7 Å². The van der Waals surface area contributed by atoms with Crippen molar-refractivity contribution in [2.75, 3.05) is 11.9 Å². The highest BCUT2D eigenvalue weighted by molar-refractivity contribution is 9.10. The van der Waals surface area contributed by atoms with E-state index in [2.05, 4.69) is 31.2 Å². The van der Waals surface area contributed by atoms with Crippen LogP contribution in [0.3, 0.4) is 0 Å². The van der Waals surface area contributed by atoms with E-state index in [0.29, 0.717) is 0 Å². The van der Waals surface area contributed by atoms with Gasteiger partial charge in [0.1, 0.15) is 10.4 Å². The quantitative estimate of drug-likeness (QED) is 0.736. The Morgan fingerprint density at radius 1 is 1.42 bits per heavy atom. The molecule has 1 N–H and O–H groups in total. The summed E-state index contributed by atoms with van der Waals surface area (Å²) in [5.74, 6) is 0.960. The zero-order valence-electron chi connectivity index (χ0n) is 6.89. The Morgan fingerprint density at radius 2 is 2.25 bits per heavy atom. The lowest BCUT2D eigenvalue weighted by Crippen LogP contribution is -2.15. The third-order valence-electron chi connectivity index (χ3n) is 1.97. The van der Waals surface area contributed by atoms with E-state index >= 15 is 0 Å². The number of halogens is 1. The highest BCUT2D eigenvalue weighted by Crippen LogP contribution is 2.21. The maximum Gasteiger partial charge on any atom is 0.148 e. The van der Waals surface area contributed by atoms with E-state index in [-0.39, 0.29) is 0 Å². The van der Waals surface area contributed by atoms with E-state index < -0.39 is 0 Å². The molecule has 2 heterocycles. The first kappa shape index (κ1) is 7.98. The minimum atomic E-state index is 0.866. The summed E-state index contributed by atoms with van der Waals surface area (Å²) in [6, 6.07) is 0. The van der Waals surface area contributed by atoms with Crippen LogP contribution in [0.25, 0.3) is 0 Å². The molecule has 0 fully saturated rings. The first-order chi connectivity index (χ1) is 5.77. The molecule has 0 spiro atoms. The molecule has 0 saturated carbocycles. The Morgan fingerprint density at radius 3 is 3.08 bits per heavy atom. The van der Waals surface area contributed by atoms with Crippen molar-refractivity contribution in [3.8, 4) is 0 Å². The van der Waals surface area contributed by atoms with Crippen LogP contribution >= 0.6 is 15.9 Å². The average Bonchev–Trinajstić information content (AvgIpc) is 2.07. The number of nitrogens with zero attached hydrogens (tertiary/aromatic N) is 2. The summed E-state index contributed by atoms with van der Waals surface area (Å²) >= 11 is 3.37. The van der Waals surface area contributed by atoms with E-state index in [1.807, 2.05) is 6.92 Å². The van der Waals surface area contributed by atoms with Crippen molar-refractivity contribution in [1.82, 2.24) is 9.97 Å². The van der Waals surface area contributed by atoms with Crippen molar-refractivity contribution >= 4 is 21.7 Å². The maximum absolute atomic E-state index is 4.40. The molecule has 64 valence electrons. The number of rotatable bonds is 0. The van der Waals surface area contributed by atoms with Gasteiger partial charge in [-0.05, 0) is 35.7 Å². The first-order valence-corrected chi connectivity index (χ1v) is 4.83. The summed E-state index contributed by atoms with van der Waals surface area (Å²) in [6.07, 6.45) is 2.19. The highest BCUT2D eigenvalue weighted by Gasteiger charge is 2.12. The Balaban J connectivity index is 2.49. The van der Waals surface area contributed by atoms with Crippen molar-refractivity contribution in [1.29, 1.82) is 0 Å². The lowest BCUT2D eigenvalue weighted by Gasteiger charge is -2.16. The van der Waals surface area contributed by atoms with Gasteiger partial charge >= 0.3 is 0 Å². The molecule has 1 aromatic rings. The Hall–Kier alpha value is -0.640. The number of anilines is 1. The van der Waals surface area contributed by atoms with Crippen molar-refractivity contribution < 1.29 is 0 Å². The van der Waals surface area contributed by atoms with Crippen molar-refractivity contribution in [2.24, 2.45) is 0 Å². The van der Waals surface area contributed by atoms with Crippen molar-refractivity contribution in [2.45, 2.75) is 19.8 Å². The predicted molar refractivity (Wildman–Crippen MR) is 51.3 cm³/mol. The molecule has 0 unspecified atom stereocenters. The molecule has 1 aliphatic heterocycles. The number of aryl methyl sites for hydroxylation is 2. The van der Waals surface area contributed by atoms with Gasteiger partial charge in [-0.15, -0.1) is 0 Å². The van der Waals surface area contributed by atoms with Crippen LogP contribution in [0.4, 0.5) is 5.82 Å². The first-order valence-electron chi connectivity index (χ1n) is 4.04. The van der Waals surface area contributed by atoms with Crippen LogP contribution in [0.5, 0.6) is 0 Å². The second-order valence-electron chi connectivity index (χ2n) is 2.93. The monoisotopic (exact) mass is 227 g/mol. The molecule has 0 aliphatic carbocycles. The minimum Gasteiger partial charge on any atom is -0.369 e. The fraction of sp³-hybridized carbons (Fsp3) is 0.500. The van der Waals surface area contributed by atoms with Crippen LogP contribution < -0.4 is 5.32 Å². The lowest BCUT2D eigenvalue weighted by molar-refractivity contribution is 0.778. The highest BCUT2D eigenvalue weighted by atomic mass is 79.9. The van der Waals surface area contributed by atoms with Crippen LogP contribution in [0, 0.1) is 6.92 Å². The number of hydrogen-bond donors (Lipinski definition) is 1. The number of aromatic nitrogens is 2. The van der Waals surface area contributed by atoms with Gasteiger partial charge in [0, 0.05) is 6.54 Å². The molecule has 2 rings (SSSR count). The van der Waals surface area contributed by atoms with Crippen LogP contribution in [0.15, 0.2) is 4.60 Å². The van der Waals surface area contributed by atoms with Gasteiger partial charge in [0.2, 0.25) is 0 Å². The lowest BCUT2D eigenvalue weighted by atomic mass is 10.2. The van der Waals surface area contributed by atoms with E-state index in [1.54, 1.807) is 0 Å². The molecular formula is C8H10BrN3. The minimum absolute atomic E-state index is 0.866. The number of nitrogens with one attached hydrogen (secondary N) is 1. The molecule has 0 saturated heterocycles. The third-order valence-corrected chi connectivity index (χ3v) is 2.72. The average molecular weight is 228 g/mol. The van der Waals surface area contributed by atoms with E-state index in [9.17, 15) is 0 Å². The van der Waals surface area contributed by atoms with Gasteiger partial charge in [0.15, 0.2) is 0 Å². The number of hydrogen-bond acceptors (Lipinski definition) is 3. The van der Waals surface area contributed by atoms with E-state index in [1.165, 1.54) is 0 Å². The van der Waals surface area contributed by atoms with Gasteiger partial charge in [0.25, 0.3) is 0 Å². The third kappa shape index (κ3) is 1.31. The maximum atomic E-state index is 4.40. The molecule has 0 bridgehead atoms. The fourth-order valence-electron chi connectivity index (χ4n) is 1.31. The van der Waals surface area contributed by atoms with Gasteiger partial charge in [-0.1, -0.05) is 0 Å². The second kappa shape index (κ2) is 3.01. The molecule has 12 heavy (non-hydrogen) atoms. The van der Waals surface area contributed by atoms with Crippen LogP contribution in [0.1, 0.15) is 17.8 Å². The zero-order chi connectivity index (χ0) is 8.55. The SMILES string of the molecule is Cc1nc2c(nc1Br)CCCN2.